The van der Waals surface area contributed by atoms with Crippen LogP contribution in [0.1, 0.15) is 10.4 Å². The number of nitrogens with zero attached hydrogens (tertiary/aromatic N) is 1. The number of thioether (sulfide) groups is 1. The van der Waals surface area contributed by atoms with E-state index in [1.54, 1.807) is 18.2 Å². The van der Waals surface area contributed by atoms with Gasteiger partial charge in [-0.25, -0.2) is 0 Å². The lowest BCUT2D eigenvalue weighted by molar-refractivity contribution is 0.106. The molecule has 0 saturated heterocycles. The van der Waals surface area contributed by atoms with Gasteiger partial charge in [0.15, 0.2) is 5.04 Å². The SMILES string of the molecule is O=C1/C(=N\O)Sc2c(Cl)cccc21. The molecule has 66 valence electrons. The lowest BCUT2D eigenvalue weighted by Gasteiger charge is -1.95. The van der Waals surface area contributed by atoms with Gasteiger partial charge in [-0.15, -0.1) is 0 Å². The van der Waals surface area contributed by atoms with E-state index in [-0.39, 0.29) is 10.8 Å². The van der Waals surface area contributed by atoms with Crippen LogP contribution in [0.5, 0.6) is 0 Å². The van der Waals surface area contributed by atoms with E-state index >= 15 is 0 Å². The Kier molecular flexibility index (Phi) is 2.01. The normalized spacial score (nSPS) is 17.9. The highest BCUT2D eigenvalue weighted by molar-refractivity contribution is 8.16. The average Bonchev–Trinajstić information content (AvgIpc) is 2.45. The predicted molar refractivity (Wildman–Crippen MR) is 50.9 cm³/mol. The van der Waals surface area contributed by atoms with Crippen LogP contribution >= 0.6 is 23.4 Å². The van der Waals surface area contributed by atoms with Gasteiger partial charge in [0.1, 0.15) is 0 Å². The summed E-state index contributed by atoms with van der Waals surface area (Å²) in [6.45, 7) is 0. The van der Waals surface area contributed by atoms with E-state index in [0.717, 1.165) is 11.8 Å². The standard InChI is InChI=1S/C8H4ClNO2S/c9-5-3-1-2-4-6(11)8(10-12)13-7(4)5/h1-3,12H/b10-8+. The molecule has 0 atom stereocenters. The predicted octanol–water partition coefficient (Wildman–Crippen LogP) is 2.42. The topological polar surface area (TPSA) is 49.7 Å². The van der Waals surface area contributed by atoms with Gasteiger partial charge in [-0.3, -0.25) is 4.79 Å². The number of fused-ring (bicyclic) bond motifs is 1. The van der Waals surface area contributed by atoms with E-state index in [4.69, 9.17) is 16.8 Å². The molecule has 0 bridgehead atoms. The monoisotopic (exact) mass is 213 g/mol. The van der Waals surface area contributed by atoms with Crippen LogP contribution in [0.2, 0.25) is 5.02 Å². The number of oxime groups is 1. The van der Waals surface area contributed by atoms with Crippen molar-refractivity contribution >= 4 is 34.2 Å². The van der Waals surface area contributed by atoms with Crippen LogP contribution in [0, 0.1) is 0 Å². The summed E-state index contributed by atoms with van der Waals surface area (Å²) in [4.78, 5) is 12.1. The maximum Gasteiger partial charge on any atom is 0.222 e. The van der Waals surface area contributed by atoms with Gasteiger partial charge in [0, 0.05) is 10.5 Å². The van der Waals surface area contributed by atoms with Gasteiger partial charge in [0.05, 0.1) is 5.02 Å². The zero-order valence-electron chi connectivity index (χ0n) is 6.32. The van der Waals surface area contributed by atoms with E-state index in [1.807, 2.05) is 0 Å². The van der Waals surface area contributed by atoms with Gasteiger partial charge in [-0.2, -0.15) is 0 Å². The highest BCUT2D eigenvalue weighted by Gasteiger charge is 2.29. The Morgan fingerprint density at radius 3 is 2.85 bits per heavy atom. The van der Waals surface area contributed by atoms with E-state index in [1.165, 1.54) is 0 Å². The van der Waals surface area contributed by atoms with Crippen LogP contribution in [0.15, 0.2) is 28.3 Å². The summed E-state index contributed by atoms with van der Waals surface area (Å²) in [5.74, 6) is -0.273. The Morgan fingerprint density at radius 1 is 1.46 bits per heavy atom. The number of rotatable bonds is 0. The number of Topliss-reactive ketones (excluding diaryl/α,β-unsaturated/α-hetero) is 1. The third kappa shape index (κ3) is 1.22. The fraction of sp³-hybridized carbons (Fsp3) is 0. The zero-order valence-corrected chi connectivity index (χ0v) is 7.89. The first-order valence-corrected chi connectivity index (χ1v) is 4.66. The summed E-state index contributed by atoms with van der Waals surface area (Å²) >= 11 is 6.94. The summed E-state index contributed by atoms with van der Waals surface area (Å²) < 4.78 is 0. The van der Waals surface area contributed by atoms with E-state index < -0.39 is 0 Å². The highest BCUT2D eigenvalue weighted by atomic mass is 35.5. The zero-order chi connectivity index (χ0) is 9.42. The fourth-order valence-corrected chi connectivity index (χ4v) is 2.28. The van der Waals surface area contributed by atoms with Gasteiger partial charge in [0.2, 0.25) is 5.78 Å². The number of carbonyl (C=O) groups excluding carboxylic acids is 1. The summed E-state index contributed by atoms with van der Waals surface area (Å²) in [5.41, 5.74) is 0.505. The summed E-state index contributed by atoms with van der Waals surface area (Å²) in [5, 5.41) is 12.0. The first-order valence-electron chi connectivity index (χ1n) is 3.47. The molecule has 0 aliphatic carbocycles. The third-order valence-electron chi connectivity index (χ3n) is 1.70. The lowest BCUT2D eigenvalue weighted by Crippen LogP contribution is -2.02. The lowest BCUT2D eigenvalue weighted by atomic mass is 10.1. The number of halogens is 1. The molecule has 1 aliphatic rings. The first-order chi connectivity index (χ1) is 6.24. The Hall–Kier alpha value is -1.00. The number of hydrogen-bond donors (Lipinski definition) is 1. The molecular formula is C8H4ClNO2S. The van der Waals surface area contributed by atoms with Crippen molar-refractivity contribution in [3.63, 3.8) is 0 Å². The van der Waals surface area contributed by atoms with Gasteiger partial charge in [-0.05, 0) is 12.1 Å². The third-order valence-corrected chi connectivity index (χ3v) is 3.23. The first kappa shape index (κ1) is 8.59. The molecule has 3 nitrogen and oxygen atoms in total. The van der Waals surface area contributed by atoms with Crippen LogP contribution in [0.4, 0.5) is 0 Å². The van der Waals surface area contributed by atoms with Crippen LogP contribution in [-0.2, 0) is 0 Å². The molecular weight excluding hydrogens is 210 g/mol. The number of hydrogen-bond acceptors (Lipinski definition) is 4. The molecule has 5 heteroatoms. The molecule has 0 fully saturated rings. The fourth-order valence-electron chi connectivity index (χ4n) is 1.12. The summed E-state index contributed by atoms with van der Waals surface area (Å²) in [6, 6.07) is 5.05. The van der Waals surface area contributed by atoms with Crippen molar-refractivity contribution in [1.82, 2.24) is 0 Å². The van der Waals surface area contributed by atoms with Crippen LogP contribution in [0.25, 0.3) is 0 Å². The molecule has 0 unspecified atom stereocenters. The molecule has 0 amide bonds. The molecule has 1 aromatic rings. The van der Waals surface area contributed by atoms with Crippen molar-refractivity contribution in [3.8, 4) is 0 Å². The largest absolute Gasteiger partial charge is 0.410 e. The van der Waals surface area contributed by atoms with Gasteiger partial charge in [0.25, 0.3) is 0 Å². The van der Waals surface area contributed by atoms with Crippen molar-refractivity contribution < 1.29 is 10.0 Å². The molecule has 13 heavy (non-hydrogen) atoms. The van der Waals surface area contributed by atoms with Crippen molar-refractivity contribution in [1.29, 1.82) is 0 Å². The Bertz CT molecular complexity index is 417. The number of benzene rings is 1. The maximum atomic E-state index is 11.4. The minimum absolute atomic E-state index is 0.0723. The minimum atomic E-state index is -0.273. The Labute approximate surface area is 83.4 Å². The second-order valence-electron chi connectivity index (χ2n) is 2.45. The van der Waals surface area contributed by atoms with E-state index in [2.05, 4.69) is 5.16 Å². The molecule has 0 aromatic heterocycles. The molecule has 0 radical (unpaired) electrons. The molecule has 2 rings (SSSR count). The molecule has 0 spiro atoms. The Balaban J connectivity index is 2.62. The second-order valence-corrected chi connectivity index (χ2v) is 3.86. The molecule has 1 heterocycles. The van der Waals surface area contributed by atoms with Crippen molar-refractivity contribution in [3.05, 3.63) is 28.8 Å². The number of carbonyl (C=O) groups is 1. The van der Waals surface area contributed by atoms with Gasteiger partial charge < -0.3 is 5.21 Å². The molecule has 1 aliphatic heterocycles. The molecule has 1 aromatic carbocycles. The summed E-state index contributed by atoms with van der Waals surface area (Å²) in [6.07, 6.45) is 0. The van der Waals surface area contributed by atoms with E-state index in [0.29, 0.717) is 15.5 Å². The average molecular weight is 214 g/mol. The van der Waals surface area contributed by atoms with Gasteiger partial charge in [-0.1, -0.05) is 34.6 Å². The molecule has 1 N–H and O–H groups in total. The smallest absolute Gasteiger partial charge is 0.222 e. The van der Waals surface area contributed by atoms with Crippen LogP contribution < -0.4 is 0 Å². The van der Waals surface area contributed by atoms with Crippen LogP contribution in [0.3, 0.4) is 0 Å². The molecule has 0 saturated carbocycles. The quantitative estimate of drug-likeness (QED) is 0.532. The van der Waals surface area contributed by atoms with Crippen molar-refractivity contribution in [2.24, 2.45) is 5.16 Å². The van der Waals surface area contributed by atoms with Crippen molar-refractivity contribution in [2.45, 2.75) is 4.90 Å². The van der Waals surface area contributed by atoms with Crippen LogP contribution in [-0.4, -0.2) is 16.0 Å². The van der Waals surface area contributed by atoms with Crippen molar-refractivity contribution in [2.75, 3.05) is 0 Å². The number of ketones is 1. The highest BCUT2D eigenvalue weighted by Crippen LogP contribution is 2.38. The van der Waals surface area contributed by atoms with E-state index in [9.17, 15) is 4.79 Å². The second kappa shape index (κ2) is 3.05. The maximum absolute atomic E-state index is 11.4. The van der Waals surface area contributed by atoms with Gasteiger partial charge >= 0.3 is 0 Å². The summed E-state index contributed by atoms with van der Waals surface area (Å²) in [7, 11) is 0. The minimum Gasteiger partial charge on any atom is -0.410 e. The Morgan fingerprint density at radius 2 is 2.23 bits per heavy atom.